The topological polar surface area (TPSA) is 37.3 Å². The summed E-state index contributed by atoms with van der Waals surface area (Å²) >= 11 is 0. The number of hydrogen-bond acceptors (Lipinski definition) is 1. The molecule has 0 aromatic heterocycles. The van der Waals surface area contributed by atoms with E-state index in [0.717, 1.165) is 6.42 Å². The molecule has 1 rings (SSSR count). The van der Waals surface area contributed by atoms with Gasteiger partial charge in [-0.2, -0.15) is 0 Å². The van der Waals surface area contributed by atoms with Gasteiger partial charge in [-0.05, 0) is 23.6 Å². The van der Waals surface area contributed by atoms with Crippen molar-refractivity contribution < 1.29 is 14.3 Å². The first-order chi connectivity index (χ1) is 7.06. The number of carboxylic acids is 1. The van der Waals surface area contributed by atoms with Crippen molar-refractivity contribution in [3.63, 3.8) is 0 Å². The smallest absolute Gasteiger partial charge is 0.311 e. The van der Waals surface area contributed by atoms with Crippen molar-refractivity contribution in [3.8, 4) is 0 Å². The maximum absolute atomic E-state index is 12.7. The Morgan fingerprint density at radius 3 is 2.33 bits per heavy atom. The predicted octanol–water partition coefficient (Wildman–Crippen LogP) is 3.04. The minimum absolute atomic E-state index is 0.0490. The molecule has 1 aromatic rings. The third kappa shape index (κ3) is 2.78. The lowest BCUT2D eigenvalue weighted by molar-refractivity contribution is -0.140. The van der Waals surface area contributed by atoms with Gasteiger partial charge in [0.25, 0.3) is 0 Å². The maximum atomic E-state index is 12.7. The number of carboxylic acid groups (broad SMARTS) is 1. The van der Waals surface area contributed by atoms with Crippen LogP contribution in [0.5, 0.6) is 0 Å². The normalized spacial score (nSPS) is 14.6. The Hall–Kier alpha value is -1.38. The molecular formula is C12H15FO2. The predicted molar refractivity (Wildman–Crippen MR) is 56.2 cm³/mol. The van der Waals surface area contributed by atoms with Crippen LogP contribution >= 0.6 is 0 Å². The SMILES string of the molecule is CCC(C)C(C(=O)O)c1ccc(F)cc1. The van der Waals surface area contributed by atoms with E-state index in [9.17, 15) is 9.18 Å². The molecule has 82 valence electrons. The number of aliphatic carboxylic acids is 1. The number of halogens is 1. The molecule has 2 atom stereocenters. The molecule has 0 saturated carbocycles. The highest BCUT2D eigenvalue weighted by molar-refractivity contribution is 5.76. The maximum Gasteiger partial charge on any atom is 0.311 e. The fourth-order valence-corrected chi connectivity index (χ4v) is 1.62. The Bertz CT molecular complexity index is 332. The van der Waals surface area contributed by atoms with Crippen molar-refractivity contribution >= 4 is 5.97 Å². The quantitative estimate of drug-likeness (QED) is 0.829. The summed E-state index contributed by atoms with van der Waals surface area (Å²) in [5.41, 5.74) is 0.665. The van der Waals surface area contributed by atoms with E-state index >= 15 is 0 Å². The summed E-state index contributed by atoms with van der Waals surface area (Å²) in [5, 5.41) is 9.10. The van der Waals surface area contributed by atoms with Crippen molar-refractivity contribution in [1.82, 2.24) is 0 Å². The molecule has 0 fully saturated rings. The first kappa shape index (κ1) is 11.7. The van der Waals surface area contributed by atoms with Crippen LogP contribution in [0.4, 0.5) is 4.39 Å². The number of rotatable bonds is 4. The summed E-state index contributed by atoms with van der Waals surface area (Å²) in [6, 6.07) is 5.68. The van der Waals surface area contributed by atoms with Gasteiger partial charge in [0.15, 0.2) is 0 Å². The van der Waals surface area contributed by atoms with Crippen LogP contribution in [0.3, 0.4) is 0 Å². The molecule has 1 aromatic carbocycles. The Labute approximate surface area is 88.7 Å². The Morgan fingerprint density at radius 1 is 1.40 bits per heavy atom. The monoisotopic (exact) mass is 210 g/mol. The van der Waals surface area contributed by atoms with Gasteiger partial charge in [0.2, 0.25) is 0 Å². The lowest BCUT2D eigenvalue weighted by atomic mass is 9.86. The van der Waals surface area contributed by atoms with Gasteiger partial charge >= 0.3 is 5.97 Å². The highest BCUT2D eigenvalue weighted by Crippen LogP contribution is 2.27. The van der Waals surface area contributed by atoms with Crippen LogP contribution in [0.1, 0.15) is 31.7 Å². The second-order valence-corrected chi connectivity index (χ2v) is 3.75. The van der Waals surface area contributed by atoms with E-state index in [1.807, 2.05) is 13.8 Å². The first-order valence-corrected chi connectivity index (χ1v) is 5.04. The number of benzene rings is 1. The van der Waals surface area contributed by atoms with Crippen LogP contribution in [-0.4, -0.2) is 11.1 Å². The second-order valence-electron chi connectivity index (χ2n) is 3.75. The summed E-state index contributed by atoms with van der Waals surface area (Å²) in [6.45, 7) is 3.84. The van der Waals surface area contributed by atoms with Gasteiger partial charge in [0, 0.05) is 0 Å². The summed E-state index contributed by atoms with van der Waals surface area (Å²) in [6.07, 6.45) is 0.786. The van der Waals surface area contributed by atoms with E-state index in [1.54, 1.807) is 12.1 Å². The molecule has 0 spiro atoms. The molecule has 0 heterocycles. The molecule has 0 aliphatic carbocycles. The van der Waals surface area contributed by atoms with Gasteiger partial charge in [-0.25, -0.2) is 4.39 Å². The van der Waals surface area contributed by atoms with Crippen LogP contribution in [0.25, 0.3) is 0 Å². The molecule has 3 heteroatoms. The zero-order valence-electron chi connectivity index (χ0n) is 8.90. The van der Waals surface area contributed by atoms with Crippen molar-refractivity contribution in [2.24, 2.45) is 5.92 Å². The Kier molecular flexibility index (Phi) is 3.83. The molecule has 0 saturated heterocycles. The van der Waals surface area contributed by atoms with Gasteiger partial charge in [-0.3, -0.25) is 4.79 Å². The van der Waals surface area contributed by atoms with E-state index < -0.39 is 11.9 Å². The van der Waals surface area contributed by atoms with Crippen LogP contribution in [0.15, 0.2) is 24.3 Å². The minimum atomic E-state index is -0.851. The highest BCUT2D eigenvalue weighted by Gasteiger charge is 2.25. The Balaban J connectivity index is 2.99. The summed E-state index contributed by atoms with van der Waals surface area (Å²) in [4.78, 5) is 11.1. The van der Waals surface area contributed by atoms with E-state index in [4.69, 9.17) is 5.11 Å². The summed E-state index contributed by atoms with van der Waals surface area (Å²) in [5.74, 6) is -1.69. The molecule has 0 radical (unpaired) electrons. The van der Waals surface area contributed by atoms with E-state index in [1.165, 1.54) is 12.1 Å². The molecule has 15 heavy (non-hydrogen) atoms. The molecule has 0 bridgehead atoms. The van der Waals surface area contributed by atoms with E-state index in [-0.39, 0.29) is 11.7 Å². The molecule has 2 nitrogen and oxygen atoms in total. The van der Waals surface area contributed by atoms with Crippen LogP contribution in [0, 0.1) is 11.7 Å². The van der Waals surface area contributed by atoms with Crippen molar-refractivity contribution in [3.05, 3.63) is 35.6 Å². The van der Waals surface area contributed by atoms with Gasteiger partial charge < -0.3 is 5.11 Å². The lowest BCUT2D eigenvalue weighted by Crippen LogP contribution is -2.19. The fraction of sp³-hybridized carbons (Fsp3) is 0.417. The molecule has 0 aliphatic heterocycles. The van der Waals surface area contributed by atoms with Gasteiger partial charge in [-0.15, -0.1) is 0 Å². The average molecular weight is 210 g/mol. The molecule has 0 aliphatic rings. The van der Waals surface area contributed by atoms with Crippen LogP contribution in [0.2, 0.25) is 0 Å². The van der Waals surface area contributed by atoms with E-state index in [2.05, 4.69) is 0 Å². The second kappa shape index (κ2) is 4.91. The van der Waals surface area contributed by atoms with Gasteiger partial charge in [-0.1, -0.05) is 32.4 Å². The number of carbonyl (C=O) groups is 1. The third-order valence-electron chi connectivity index (χ3n) is 2.71. The number of hydrogen-bond donors (Lipinski definition) is 1. The zero-order valence-corrected chi connectivity index (χ0v) is 8.90. The third-order valence-corrected chi connectivity index (χ3v) is 2.71. The van der Waals surface area contributed by atoms with E-state index in [0.29, 0.717) is 5.56 Å². The fourth-order valence-electron chi connectivity index (χ4n) is 1.62. The molecular weight excluding hydrogens is 195 g/mol. The van der Waals surface area contributed by atoms with Crippen molar-refractivity contribution in [2.45, 2.75) is 26.2 Å². The van der Waals surface area contributed by atoms with Crippen LogP contribution < -0.4 is 0 Å². The van der Waals surface area contributed by atoms with Crippen molar-refractivity contribution in [2.75, 3.05) is 0 Å². The van der Waals surface area contributed by atoms with Gasteiger partial charge in [0.1, 0.15) is 5.82 Å². The minimum Gasteiger partial charge on any atom is -0.481 e. The van der Waals surface area contributed by atoms with Crippen LogP contribution in [-0.2, 0) is 4.79 Å². The molecule has 2 unspecified atom stereocenters. The zero-order chi connectivity index (χ0) is 11.4. The summed E-state index contributed by atoms with van der Waals surface area (Å²) < 4.78 is 12.7. The Morgan fingerprint density at radius 2 is 1.93 bits per heavy atom. The van der Waals surface area contributed by atoms with Gasteiger partial charge in [0.05, 0.1) is 5.92 Å². The summed E-state index contributed by atoms with van der Waals surface area (Å²) in [7, 11) is 0. The molecule has 1 N–H and O–H groups in total. The lowest BCUT2D eigenvalue weighted by Gasteiger charge is -2.18. The average Bonchev–Trinajstić information content (AvgIpc) is 2.20. The highest BCUT2D eigenvalue weighted by atomic mass is 19.1. The molecule has 0 amide bonds. The van der Waals surface area contributed by atoms with Crippen molar-refractivity contribution in [1.29, 1.82) is 0 Å². The standard InChI is InChI=1S/C12H15FO2/c1-3-8(2)11(12(14)15)9-4-6-10(13)7-5-9/h4-8,11H,3H2,1-2H3,(H,14,15). The first-order valence-electron chi connectivity index (χ1n) is 5.04. The largest absolute Gasteiger partial charge is 0.481 e.